The van der Waals surface area contributed by atoms with Gasteiger partial charge in [0.1, 0.15) is 18.1 Å². The van der Waals surface area contributed by atoms with E-state index in [-0.39, 0.29) is 18.1 Å². The molecular weight excluding hydrogens is 260 g/mol. The maximum Gasteiger partial charge on any atom is 0.305 e. The van der Waals surface area contributed by atoms with E-state index < -0.39 is 22.2 Å². The summed E-state index contributed by atoms with van der Waals surface area (Å²) in [5, 5.41) is 14.2. The van der Waals surface area contributed by atoms with Crippen molar-refractivity contribution in [2.45, 2.75) is 6.61 Å². The highest BCUT2D eigenvalue weighted by molar-refractivity contribution is 5.38. The number of benzene rings is 1. The van der Waals surface area contributed by atoms with Crippen LogP contribution in [0.1, 0.15) is 5.69 Å². The van der Waals surface area contributed by atoms with Crippen LogP contribution in [0, 0.1) is 21.7 Å². The molecule has 19 heavy (non-hydrogen) atoms. The molecule has 0 unspecified atom stereocenters. The lowest BCUT2D eigenvalue weighted by molar-refractivity contribution is -0.387. The van der Waals surface area contributed by atoms with Crippen LogP contribution in [0.2, 0.25) is 0 Å². The molecule has 100 valence electrons. The number of aromatic nitrogens is 2. The van der Waals surface area contributed by atoms with E-state index in [4.69, 9.17) is 4.74 Å². The third-order valence-electron chi connectivity index (χ3n) is 2.35. The lowest BCUT2D eigenvalue weighted by Crippen LogP contribution is -2.00. The summed E-state index contributed by atoms with van der Waals surface area (Å²) in [6.45, 7) is -0.191. The van der Waals surface area contributed by atoms with Gasteiger partial charge in [0.2, 0.25) is 5.82 Å². The smallest absolute Gasteiger partial charge is 0.305 e. The highest BCUT2D eigenvalue weighted by Gasteiger charge is 2.15. The van der Waals surface area contributed by atoms with Crippen LogP contribution in [0.25, 0.3) is 0 Å². The van der Waals surface area contributed by atoms with Crippen LogP contribution in [0.15, 0.2) is 24.4 Å². The van der Waals surface area contributed by atoms with Gasteiger partial charge in [0.05, 0.1) is 11.1 Å². The lowest BCUT2D eigenvalue weighted by Gasteiger charge is -2.04. The molecule has 0 spiro atoms. The molecule has 0 aliphatic heterocycles. The van der Waals surface area contributed by atoms with Gasteiger partial charge in [-0.25, -0.2) is 4.39 Å². The molecule has 6 nitrogen and oxygen atoms in total. The van der Waals surface area contributed by atoms with Crippen molar-refractivity contribution in [1.29, 1.82) is 0 Å². The molecule has 1 heterocycles. The van der Waals surface area contributed by atoms with E-state index in [9.17, 15) is 18.9 Å². The number of aryl methyl sites for hydroxylation is 1. The van der Waals surface area contributed by atoms with Gasteiger partial charge in [0, 0.05) is 19.2 Å². The lowest BCUT2D eigenvalue weighted by atomic mass is 10.3. The third kappa shape index (κ3) is 2.84. The molecule has 1 aromatic carbocycles. The van der Waals surface area contributed by atoms with Crippen LogP contribution >= 0.6 is 0 Å². The third-order valence-corrected chi connectivity index (χ3v) is 2.35. The summed E-state index contributed by atoms with van der Waals surface area (Å²) in [4.78, 5) is 9.59. The van der Waals surface area contributed by atoms with E-state index in [0.29, 0.717) is 0 Å². The molecule has 0 radical (unpaired) electrons. The normalized spacial score (nSPS) is 10.5. The van der Waals surface area contributed by atoms with Gasteiger partial charge in [-0.05, 0) is 6.07 Å². The number of ether oxygens (including phenoxy) is 1. The molecule has 0 atom stereocenters. The van der Waals surface area contributed by atoms with Crippen LogP contribution in [-0.4, -0.2) is 14.7 Å². The largest absolute Gasteiger partial charge is 0.487 e. The molecule has 2 aromatic rings. The van der Waals surface area contributed by atoms with E-state index in [2.05, 4.69) is 5.10 Å². The van der Waals surface area contributed by atoms with Crippen molar-refractivity contribution in [1.82, 2.24) is 9.78 Å². The zero-order valence-electron chi connectivity index (χ0n) is 9.84. The first kappa shape index (κ1) is 12.9. The summed E-state index contributed by atoms with van der Waals surface area (Å²) in [7, 11) is 1.55. The fourth-order valence-corrected chi connectivity index (χ4v) is 1.48. The first-order valence-electron chi connectivity index (χ1n) is 5.22. The predicted octanol–water partition coefficient (Wildman–Crippen LogP) is 2.19. The monoisotopic (exact) mass is 269 g/mol. The molecule has 0 aliphatic carbocycles. The molecule has 0 amide bonds. The van der Waals surface area contributed by atoms with E-state index in [0.717, 1.165) is 12.1 Å². The maximum atomic E-state index is 13.3. The average molecular weight is 269 g/mol. The highest BCUT2D eigenvalue weighted by Crippen LogP contribution is 2.23. The summed E-state index contributed by atoms with van der Waals surface area (Å²) < 4.78 is 32.9. The standard InChI is InChI=1S/C11H9F2N3O3/c1-15-5-9(13)10(14-15)6-19-7-2-3-11(16(17)18)8(12)4-7/h2-5H,6H2,1H3. The Labute approximate surface area is 106 Å². The van der Waals surface area contributed by atoms with Crippen molar-refractivity contribution in [2.24, 2.45) is 7.05 Å². The molecule has 8 heteroatoms. The Morgan fingerprint density at radius 3 is 2.68 bits per heavy atom. The number of hydrogen-bond acceptors (Lipinski definition) is 4. The quantitative estimate of drug-likeness (QED) is 0.630. The number of nitrogens with zero attached hydrogens (tertiary/aromatic N) is 3. The summed E-state index contributed by atoms with van der Waals surface area (Å²) >= 11 is 0. The zero-order valence-corrected chi connectivity index (χ0v) is 9.84. The van der Waals surface area contributed by atoms with Gasteiger partial charge >= 0.3 is 5.69 Å². The van der Waals surface area contributed by atoms with Gasteiger partial charge in [-0.3, -0.25) is 14.8 Å². The fraction of sp³-hybridized carbons (Fsp3) is 0.182. The Morgan fingerprint density at radius 1 is 1.42 bits per heavy atom. The second kappa shape index (κ2) is 5.01. The van der Waals surface area contributed by atoms with Crippen LogP contribution < -0.4 is 4.74 Å². The van der Waals surface area contributed by atoms with E-state index in [1.54, 1.807) is 7.05 Å². The van der Waals surface area contributed by atoms with Gasteiger partial charge in [-0.1, -0.05) is 0 Å². The molecule has 0 saturated heterocycles. The van der Waals surface area contributed by atoms with Gasteiger partial charge in [-0.15, -0.1) is 0 Å². The second-order valence-corrected chi connectivity index (χ2v) is 3.76. The minimum Gasteiger partial charge on any atom is -0.487 e. The average Bonchev–Trinajstić information content (AvgIpc) is 2.65. The van der Waals surface area contributed by atoms with Crippen molar-refractivity contribution < 1.29 is 18.4 Å². The number of nitro groups is 1. The van der Waals surface area contributed by atoms with Crippen molar-refractivity contribution in [2.75, 3.05) is 0 Å². The molecule has 0 bridgehead atoms. The Balaban J connectivity index is 2.10. The van der Waals surface area contributed by atoms with E-state index >= 15 is 0 Å². The second-order valence-electron chi connectivity index (χ2n) is 3.76. The zero-order chi connectivity index (χ0) is 14.0. The highest BCUT2D eigenvalue weighted by atomic mass is 19.1. The number of nitro benzene ring substituents is 1. The molecule has 0 N–H and O–H groups in total. The Morgan fingerprint density at radius 2 is 2.16 bits per heavy atom. The topological polar surface area (TPSA) is 70.2 Å². The van der Waals surface area contributed by atoms with Crippen LogP contribution in [-0.2, 0) is 13.7 Å². The Bertz CT molecular complexity index is 628. The van der Waals surface area contributed by atoms with Crippen molar-refractivity contribution in [3.8, 4) is 5.75 Å². The van der Waals surface area contributed by atoms with Crippen molar-refractivity contribution in [3.05, 3.63) is 51.8 Å². The summed E-state index contributed by atoms with van der Waals surface area (Å²) in [6.07, 6.45) is 1.18. The van der Waals surface area contributed by atoms with E-state index in [1.807, 2.05) is 0 Å². The van der Waals surface area contributed by atoms with Crippen LogP contribution in [0.5, 0.6) is 5.75 Å². The van der Waals surface area contributed by atoms with Crippen molar-refractivity contribution in [3.63, 3.8) is 0 Å². The van der Waals surface area contributed by atoms with Gasteiger partial charge < -0.3 is 4.74 Å². The summed E-state index contributed by atoms with van der Waals surface area (Å²) in [5.74, 6) is -1.48. The van der Waals surface area contributed by atoms with Crippen molar-refractivity contribution >= 4 is 5.69 Å². The van der Waals surface area contributed by atoms with Gasteiger partial charge in [-0.2, -0.15) is 9.49 Å². The first-order valence-corrected chi connectivity index (χ1v) is 5.22. The van der Waals surface area contributed by atoms with Gasteiger partial charge in [0.25, 0.3) is 0 Å². The number of halogens is 2. The fourth-order valence-electron chi connectivity index (χ4n) is 1.48. The predicted molar refractivity (Wildman–Crippen MR) is 60.6 cm³/mol. The molecule has 0 saturated carbocycles. The first-order chi connectivity index (χ1) is 8.97. The molecule has 1 aromatic heterocycles. The molecule has 0 aliphatic rings. The summed E-state index contributed by atoms with van der Waals surface area (Å²) in [6, 6.07) is 3.10. The SMILES string of the molecule is Cn1cc(F)c(COc2ccc([N+](=O)[O-])c(F)c2)n1. The van der Waals surface area contributed by atoms with Crippen LogP contribution in [0.3, 0.4) is 0 Å². The van der Waals surface area contributed by atoms with E-state index in [1.165, 1.54) is 16.9 Å². The Kier molecular flexibility index (Phi) is 3.41. The minimum absolute atomic E-state index is 0.0631. The van der Waals surface area contributed by atoms with Gasteiger partial charge in [0.15, 0.2) is 5.82 Å². The summed E-state index contributed by atoms with van der Waals surface area (Å²) in [5.41, 5.74) is -0.572. The number of rotatable bonds is 4. The van der Waals surface area contributed by atoms with Crippen LogP contribution in [0.4, 0.5) is 14.5 Å². The minimum atomic E-state index is -1.01. The molecular formula is C11H9F2N3O3. The molecule has 2 rings (SSSR count). The Hall–Kier alpha value is -2.51. The number of hydrogen-bond donors (Lipinski definition) is 0. The molecule has 0 fully saturated rings. The maximum absolute atomic E-state index is 13.3.